The Bertz CT molecular complexity index is 435. The van der Waals surface area contributed by atoms with Crippen molar-refractivity contribution in [1.82, 2.24) is 4.90 Å². The molecule has 0 bridgehead atoms. The molecule has 1 saturated heterocycles. The van der Waals surface area contributed by atoms with Crippen molar-refractivity contribution >= 4 is 11.6 Å². The summed E-state index contributed by atoms with van der Waals surface area (Å²) >= 11 is 5.97. The van der Waals surface area contributed by atoms with Crippen LogP contribution in [0.25, 0.3) is 0 Å². The van der Waals surface area contributed by atoms with E-state index in [0.29, 0.717) is 5.02 Å². The van der Waals surface area contributed by atoms with Crippen LogP contribution in [0.15, 0.2) is 18.2 Å². The van der Waals surface area contributed by atoms with Crippen molar-refractivity contribution < 1.29 is 5.11 Å². The van der Waals surface area contributed by atoms with E-state index in [1.807, 2.05) is 12.1 Å². The van der Waals surface area contributed by atoms with E-state index < -0.39 is 0 Å². The fourth-order valence-electron chi connectivity index (χ4n) is 3.64. The molecule has 1 saturated carbocycles. The first kappa shape index (κ1) is 12.3. The highest BCUT2D eigenvalue weighted by molar-refractivity contribution is 6.32. The van der Waals surface area contributed by atoms with Gasteiger partial charge in [-0.2, -0.15) is 0 Å². The molecule has 18 heavy (non-hydrogen) atoms. The Morgan fingerprint density at radius 1 is 1.22 bits per heavy atom. The van der Waals surface area contributed by atoms with Gasteiger partial charge in [-0.1, -0.05) is 24.1 Å². The van der Waals surface area contributed by atoms with E-state index in [-0.39, 0.29) is 5.75 Å². The Kier molecular flexibility index (Phi) is 3.49. The lowest BCUT2D eigenvalue weighted by molar-refractivity contribution is 0.106. The second-order valence-corrected chi connectivity index (χ2v) is 6.06. The molecule has 0 radical (unpaired) electrons. The van der Waals surface area contributed by atoms with Gasteiger partial charge < -0.3 is 5.11 Å². The van der Waals surface area contributed by atoms with E-state index in [1.165, 1.54) is 44.2 Å². The number of benzene rings is 1. The third-order valence-electron chi connectivity index (χ3n) is 4.51. The minimum absolute atomic E-state index is 0.179. The van der Waals surface area contributed by atoms with Crippen LogP contribution in [0.1, 0.15) is 37.7 Å². The van der Waals surface area contributed by atoms with Crippen LogP contribution in [-0.2, 0) is 6.54 Å². The highest BCUT2D eigenvalue weighted by atomic mass is 35.5. The number of hydrogen-bond acceptors (Lipinski definition) is 2. The average Bonchev–Trinajstić information content (AvgIpc) is 2.83. The minimum atomic E-state index is 0.179. The van der Waals surface area contributed by atoms with E-state index >= 15 is 0 Å². The summed E-state index contributed by atoms with van der Waals surface area (Å²) in [5.41, 5.74) is 1.21. The molecule has 1 N–H and O–H groups in total. The second kappa shape index (κ2) is 5.10. The molecular weight excluding hydrogens is 246 g/mol. The van der Waals surface area contributed by atoms with Gasteiger partial charge in [0, 0.05) is 12.6 Å². The molecule has 2 fully saturated rings. The van der Waals surface area contributed by atoms with Crippen LogP contribution in [0.4, 0.5) is 0 Å². The summed E-state index contributed by atoms with van der Waals surface area (Å²) in [6, 6.07) is 6.37. The number of halogens is 1. The normalized spacial score (nSPS) is 28.3. The van der Waals surface area contributed by atoms with Crippen LogP contribution in [-0.4, -0.2) is 22.6 Å². The fourth-order valence-corrected chi connectivity index (χ4v) is 3.84. The number of phenolic OH excluding ortho intramolecular Hbond substituents is 1. The molecule has 2 nitrogen and oxygen atoms in total. The lowest BCUT2D eigenvalue weighted by Crippen LogP contribution is -2.41. The molecule has 2 aliphatic rings. The molecular formula is C15H20ClNO. The Morgan fingerprint density at radius 2 is 2.06 bits per heavy atom. The zero-order valence-corrected chi connectivity index (χ0v) is 11.4. The van der Waals surface area contributed by atoms with Crippen LogP contribution in [0.3, 0.4) is 0 Å². The average molecular weight is 266 g/mol. The van der Waals surface area contributed by atoms with Gasteiger partial charge in [-0.05, 0) is 55.8 Å². The van der Waals surface area contributed by atoms with Crippen molar-refractivity contribution in [2.45, 2.75) is 44.7 Å². The molecule has 98 valence electrons. The van der Waals surface area contributed by atoms with Crippen molar-refractivity contribution in [2.24, 2.45) is 5.92 Å². The summed E-state index contributed by atoms with van der Waals surface area (Å²) in [5.74, 6) is 1.10. The first-order chi connectivity index (χ1) is 8.74. The maximum absolute atomic E-state index is 9.45. The zero-order chi connectivity index (χ0) is 12.5. The molecule has 0 spiro atoms. The minimum Gasteiger partial charge on any atom is -0.506 e. The van der Waals surface area contributed by atoms with Crippen LogP contribution >= 0.6 is 11.6 Å². The lowest BCUT2D eigenvalue weighted by atomic mass is 9.91. The first-order valence-electron chi connectivity index (χ1n) is 6.95. The number of hydrogen-bond donors (Lipinski definition) is 1. The van der Waals surface area contributed by atoms with Gasteiger partial charge in [-0.15, -0.1) is 0 Å². The number of aromatic hydroxyl groups is 1. The first-order valence-corrected chi connectivity index (χ1v) is 7.33. The third-order valence-corrected chi connectivity index (χ3v) is 4.81. The predicted molar refractivity (Wildman–Crippen MR) is 73.9 cm³/mol. The smallest absolute Gasteiger partial charge is 0.134 e. The third kappa shape index (κ3) is 2.36. The Labute approximate surface area is 114 Å². The molecule has 1 aromatic rings. The molecule has 0 amide bonds. The molecule has 3 heteroatoms. The summed E-state index contributed by atoms with van der Waals surface area (Å²) < 4.78 is 0. The SMILES string of the molecule is Oc1ccc(CN2CCCC3CCCC32)cc1Cl. The number of nitrogens with zero attached hydrogens (tertiary/aromatic N) is 1. The monoisotopic (exact) mass is 265 g/mol. The fraction of sp³-hybridized carbons (Fsp3) is 0.600. The van der Waals surface area contributed by atoms with Crippen molar-refractivity contribution in [3.05, 3.63) is 28.8 Å². The van der Waals surface area contributed by atoms with Gasteiger partial charge in [0.05, 0.1) is 5.02 Å². The van der Waals surface area contributed by atoms with Gasteiger partial charge in [0.15, 0.2) is 0 Å². The highest BCUT2D eigenvalue weighted by Gasteiger charge is 2.34. The Balaban J connectivity index is 1.73. The van der Waals surface area contributed by atoms with Crippen LogP contribution in [0.5, 0.6) is 5.75 Å². The van der Waals surface area contributed by atoms with Gasteiger partial charge in [-0.3, -0.25) is 4.90 Å². The Hall–Kier alpha value is -0.730. The van der Waals surface area contributed by atoms with E-state index in [9.17, 15) is 5.11 Å². The zero-order valence-electron chi connectivity index (χ0n) is 10.6. The van der Waals surface area contributed by atoms with Crippen LogP contribution in [0.2, 0.25) is 5.02 Å². The van der Waals surface area contributed by atoms with E-state index in [0.717, 1.165) is 18.5 Å². The van der Waals surface area contributed by atoms with Gasteiger partial charge in [-0.25, -0.2) is 0 Å². The van der Waals surface area contributed by atoms with E-state index in [4.69, 9.17) is 11.6 Å². The van der Waals surface area contributed by atoms with Gasteiger partial charge in [0.25, 0.3) is 0 Å². The van der Waals surface area contributed by atoms with Gasteiger partial charge in [0.1, 0.15) is 5.75 Å². The molecule has 1 heterocycles. The lowest BCUT2D eigenvalue weighted by Gasteiger charge is -2.37. The van der Waals surface area contributed by atoms with Crippen LogP contribution in [0, 0.1) is 5.92 Å². The van der Waals surface area contributed by atoms with E-state index in [1.54, 1.807) is 6.07 Å². The number of likely N-dealkylation sites (tertiary alicyclic amines) is 1. The second-order valence-electron chi connectivity index (χ2n) is 5.66. The van der Waals surface area contributed by atoms with Crippen molar-refractivity contribution in [3.63, 3.8) is 0 Å². The molecule has 1 aliphatic carbocycles. The van der Waals surface area contributed by atoms with Crippen molar-refractivity contribution in [3.8, 4) is 5.75 Å². The quantitative estimate of drug-likeness (QED) is 0.879. The Morgan fingerprint density at radius 3 is 2.89 bits per heavy atom. The largest absolute Gasteiger partial charge is 0.506 e. The summed E-state index contributed by atoms with van der Waals surface area (Å²) in [6.07, 6.45) is 6.90. The molecule has 3 rings (SSSR count). The maximum atomic E-state index is 9.45. The van der Waals surface area contributed by atoms with E-state index in [2.05, 4.69) is 4.90 Å². The van der Waals surface area contributed by atoms with Gasteiger partial charge >= 0.3 is 0 Å². The molecule has 0 aromatic heterocycles. The highest BCUT2D eigenvalue weighted by Crippen LogP contribution is 2.37. The number of piperidine rings is 1. The van der Waals surface area contributed by atoms with Crippen molar-refractivity contribution in [1.29, 1.82) is 0 Å². The molecule has 2 unspecified atom stereocenters. The topological polar surface area (TPSA) is 23.5 Å². The number of fused-ring (bicyclic) bond motifs is 1. The standard InChI is InChI=1S/C15H20ClNO/c16-13-9-11(6-7-15(13)18)10-17-8-2-4-12-3-1-5-14(12)17/h6-7,9,12,14,18H,1-5,8,10H2. The summed E-state index contributed by atoms with van der Waals surface area (Å²) in [5, 5.41) is 9.92. The molecule has 2 atom stereocenters. The van der Waals surface area contributed by atoms with Crippen LogP contribution < -0.4 is 0 Å². The summed E-state index contributed by atoms with van der Waals surface area (Å²) in [6.45, 7) is 2.18. The molecule has 1 aliphatic heterocycles. The predicted octanol–water partition coefficient (Wildman–Crippen LogP) is 3.81. The van der Waals surface area contributed by atoms with Crippen molar-refractivity contribution in [2.75, 3.05) is 6.54 Å². The number of phenols is 1. The maximum Gasteiger partial charge on any atom is 0.134 e. The van der Waals surface area contributed by atoms with Gasteiger partial charge in [0.2, 0.25) is 0 Å². The molecule has 1 aromatic carbocycles. The summed E-state index contributed by atoms with van der Waals surface area (Å²) in [4.78, 5) is 2.61. The number of rotatable bonds is 2. The summed E-state index contributed by atoms with van der Waals surface area (Å²) in [7, 11) is 0.